The highest BCUT2D eigenvalue weighted by Gasteiger charge is 2.12. The monoisotopic (exact) mass is 252 g/mol. The van der Waals surface area contributed by atoms with Crippen molar-refractivity contribution in [1.82, 2.24) is 9.97 Å². The molecule has 1 heterocycles. The number of hydrogen-bond acceptors (Lipinski definition) is 5. The highest BCUT2D eigenvalue weighted by atomic mass is 16.5. The smallest absolute Gasteiger partial charge is 0.242 e. The molecule has 18 heavy (non-hydrogen) atoms. The van der Waals surface area contributed by atoms with Crippen molar-refractivity contribution in [1.29, 1.82) is 0 Å². The zero-order valence-corrected chi connectivity index (χ0v) is 11.8. The average Bonchev–Trinajstić information content (AvgIpc) is 2.32. The van der Waals surface area contributed by atoms with Crippen molar-refractivity contribution >= 4 is 11.5 Å². The lowest BCUT2D eigenvalue weighted by atomic mass is 10.2. The molecular formula is C13H24N4O. The molecule has 0 aliphatic heterocycles. The van der Waals surface area contributed by atoms with Crippen molar-refractivity contribution in [2.24, 2.45) is 5.92 Å². The van der Waals surface area contributed by atoms with Crippen molar-refractivity contribution in [2.45, 2.75) is 40.5 Å². The van der Waals surface area contributed by atoms with E-state index in [1.54, 1.807) is 0 Å². The van der Waals surface area contributed by atoms with Crippen LogP contribution in [0.3, 0.4) is 0 Å². The summed E-state index contributed by atoms with van der Waals surface area (Å²) in [6.45, 7) is 9.68. The largest absolute Gasteiger partial charge is 0.476 e. The molecule has 0 aliphatic carbocycles. The van der Waals surface area contributed by atoms with E-state index in [-0.39, 0.29) is 0 Å². The summed E-state index contributed by atoms with van der Waals surface area (Å²) in [5.41, 5.74) is 6.51. The summed E-state index contributed by atoms with van der Waals surface area (Å²) >= 11 is 0. The van der Waals surface area contributed by atoms with Gasteiger partial charge in [-0.1, -0.05) is 20.8 Å². The molecule has 5 heteroatoms. The van der Waals surface area contributed by atoms with E-state index in [9.17, 15) is 0 Å². The van der Waals surface area contributed by atoms with Crippen LogP contribution in [-0.2, 0) is 6.42 Å². The zero-order valence-electron chi connectivity index (χ0n) is 11.8. The van der Waals surface area contributed by atoms with Gasteiger partial charge >= 0.3 is 0 Å². The Morgan fingerprint density at radius 3 is 2.56 bits per heavy atom. The molecule has 0 atom stereocenters. The number of nitrogens with zero attached hydrogens (tertiary/aromatic N) is 2. The number of nitrogens with one attached hydrogen (secondary N) is 1. The van der Waals surface area contributed by atoms with E-state index in [4.69, 9.17) is 10.5 Å². The van der Waals surface area contributed by atoms with Crippen LogP contribution in [-0.4, -0.2) is 23.1 Å². The molecule has 1 aromatic rings. The van der Waals surface area contributed by atoms with Gasteiger partial charge < -0.3 is 15.8 Å². The van der Waals surface area contributed by atoms with Crippen molar-refractivity contribution in [3.8, 4) is 5.88 Å². The summed E-state index contributed by atoms with van der Waals surface area (Å²) < 4.78 is 5.45. The van der Waals surface area contributed by atoms with Crippen LogP contribution in [0.1, 0.15) is 39.9 Å². The third-order valence-corrected chi connectivity index (χ3v) is 2.39. The number of anilines is 2. The summed E-state index contributed by atoms with van der Waals surface area (Å²) in [6, 6.07) is 0. The van der Waals surface area contributed by atoms with E-state index in [0.29, 0.717) is 29.9 Å². The first kappa shape index (κ1) is 14.5. The minimum atomic E-state index is 0.488. The van der Waals surface area contributed by atoms with Crippen LogP contribution in [0.2, 0.25) is 0 Å². The lowest BCUT2D eigenvalue weighted by Gasteiger charge is -2.14. The highest BCUT2D eigenvalue weighted by molar-refractivity contribution is 5.66. The molecule has 0 aliphatic rings. The molecule has 0 aromatic carbocycles. The second-order valence-corrected chi connectivity index (χ2v) is 4.67. The van der Waals surface area contributed by atoms with Gasteiger partial charge in [0.1, 0.15) is 11.5 Å². The molecule has 0 fully saturated rings. The van der Waals surface area contributed by atoms with E-state index < -0.39 is 0 Å². The third kappa shape index (κ3) is 4.05. The number of aryl methyl sites for hydroxylation is 1. The Morgan fingerprint density at radius 2 is 2.00 bits per heavy atom. The molecule has 0 saturated carbocycles. The van der Waals surface area contributed by atoms with Gasteiger partial charge in [0.05, 0.1) is 6.61 Å². The quantitative estimate of drug-likeness (QED) is 0.780. The second kappa shape index (κ2) is 7.03. The van der Waals surface area contributed by atoms with Gasteiger partial charge in [0.15, 0.2) is 5.82 Å². The fourth-order valence-corrected chi connectivity index (χ4v) is 1.51. The summed E-state index contributed by atoms with van der Waals surface area (Å²) in [5.74, 6) is 2.48. The molecule has 0 spiro atoms. The first-order valence-corrected chi connectivity index (χ1v) is 6.61. The predicted octanol–water partition coefficient (Wildman–Crippen LogP) is 2.48. The normalized spacial score (nSPS) is 10.7. The molecule has 1 rings (SSSR count). The maximum absolute atomic E-state index is 6.01. The van der Waals surface area contributed by atoms with Gasteiger partial charge in [-0.15, -0.1) is 0 Å². The van der Waals surface area contributed by atoms with Crippen LogP contribution in [0, 0.1) is 5.92 Å². The van der Waals surface area contributed by atoms with Gasteiger partial charge in [0, 0.05) is 13.0 Å². The van der Waals surface area contributed by atoms with Crippen molar-refractivity contribution in [2.75, 3.05) is 24.2 Å². The molecule has 5 nitrogen and oxygen atoms in total. The fraction of sp³-hybridized carbons (Fsp3) is 0.692. The molecule has 102 valence electrons. The maximum atomic E-state index is 6.01. The number of ether oxygens (including phenoxy) is 1. The first-order chi connectivity index (χ1) is 8.58. The van der Waals surface area contributed by atoms with Gasteiger partial charge in [-0.25, -0.2) is 4.98 Å². The summed E-state index contributed by atoms with van der Waals surface area (Å²) in [7, 11) is 0. The standard InChI is InChI=1S/C13H24N4O/c1-5-7-10-16-12(15-8-9(3)4)11(14)13(17-10)18-6-2/h9H,5-8,14H2,1-4H3,(H,15,16,17). The molecule has 0 bridgehead atoms. The Hall–Kier alpha value is -1.52. The minimum Gasteiger partial charge on any atom is -0.476 e. The van der Waals surface area contributed by atoms with Crippen molar-refractivity contribution < 1.29 is 4.74 Å². The summed E-state index contributed by atoms with van der Waals surface area (Å²) in [4.78, 5) is 8.79. The summed E-state index contributed by atoms with van der Waals surface area (Å²) in [5, 5.41) is 3.25. The lowest BCUT2D eigenvalue weighted by molar-refractivity contribution is 0.327. The van der Waals surface area contributed by atoms with Crippen LogP contribution in [0.15, 0.2) is 0 Å². The molecule has 3 N–H and O–H groups in total. The van der Waals surface area contributed by atoms with Crippen LogP contribution in [0.25, 0.3) is 0 Å². The average molecular weight is 252 g/mol. The first-order valence-electron chi connectivity index (χ1n) is 6.61. The maximum Gasteiger partial charge on any atom is 0.242 e. The van der Waals surface area contributed by atoms with E-state index in [0.717, 1.165) is 25.2 Å². The van der Waals surface area contributed by atoms with E-state index in [1.807, 2.05) is 6.92 Å². The Kier molecular flexibility index (Phi) is 5.68. The van der Waals surface area contributed by atoms with Gasteiger partial charge in [0.25, 0.3) is 0 Å². The van der Waals surface area contributed by atoms with Crippen LogP contribution in [0.4, 0.5) is 11.5 Å². The van der Waals surface area contributed by atoms with Crippen molar-refractivity contribution in [3.05, 3.63) is 5.82 Å². The van der Waals surface area contributed by atoms with Crippen LogP contribution in [0.5, 0.6) is 5.88 Å². The van der Waals surface area contributed by atoms with Crippen molar-refractivity contribution in [3.63, 3.8) is 0 Å². The lowest BCUT2D eigenvalue weighted by Crippen LogP contribution is -2.14. The molecule has 1 aromatic heterocycles. The van der Waals surface area contributed by atoms with Gasteiger partial charge in [-0.3, -0.25) is 0 Å². The summed E-state index contributed by atoms with van der Waals surface area (Å²) in [6.07, 6.45) is 1.83. The SMILES string of the molecule is CCCc1nc(NCC(C)C)c(N)c(OCC)n1. The minimum absolute atomic E-state index is 0.488. The number of aromatic nitrogens is 2. The fourth-order valence-electron chi connectivity index (χ4n) is 1.51. The Morgan fingerprint density at radius 1 is 1.28 bits per heavy atom. The van der Waals surface area contributed by atoms with Gasteiger partial charge in [0.2, 0.25) is 5.88 Å². The zero-order chi connectivity index (χ0) is 13.5. The van der Waals surface area contributed by atoms with E-state index in [2.05, 4.69) is 36.1 Å². The molecule has 0 radical (unpaired) electrons. The van der Waals surface area contributed by atoms with Gasteiger partial charge in [-0.2, -0.15) is 4.98 Å². The van der Waals surface area contributed by atoms with E-state index >= 15 is 0 Å². The van der Waals surface area contributed by atoms with Crippen LogP contribution >= 0.6 is 0 Å². The number of nitrogen functional groups attached to an aromatic ring is 1. The molecule has 0 saturated heterocycles. The Bertz CT molecular complexity index is 379. The molecular weight excluding hydrogens is 228 g/mol. The Balaban J connectivity index is 2.97. The third-order valence-electron chi connectivity index (χ3n) is 2.39. The highest BCUT2D eigenvalue weighted by Crippen LogP contribution is 2.26. The molecule has 0 unspecified atom stereocenters. The number of rotatable bonds is 7. The van der Waals surface area contributed by atoms with E-state index in [1.165, 1.54) is 0 Å². The van der Waals surface area contributed by atoms with Gasteiger partial charge in [-0.05, 0) is 19.3 Å². The Labute approximate surface area is 109 Å². The second-order valence-electron chi connectivity index (χ2n) is 4.67. The topological polar surface area (TPSA) is 73.1 Å². The molecule has 0 amide bonds. The number of nitrogens with two attached hydrogens (primary N) is 1. The van der Waals surface area contributed by atoms with Crippen LogP contribution < -0.4 is 15.8 Å². The number of hydrogen-bond donors (Lipinski definition) is 2. The predicted molar refractivity (Wildman–Crippen MR) is 74.9 cm³/mol.